The largest absolute Gasteiger partial charge is 0.338 e. The van der Waals surface area contributed by atoms with Crippen LogP contribution >= 0.6 is 0 Å². The van der Waals surface area contributed by atoms with Crippen LogP contribution in [-0.4, -0.2) is 43.9 Å². The van der Waals surface area contributed by atoms with Crippen molar-refractivity contribution in [3.05, 3.63) is 71.8 Å². The quantitative estimate of drug-likeness (QED) is 0.797. The topological polar surface area (TPSA) is 66.8 Å². The van der Waals surface area contributed by atoms with Crippen LogP contribution in [-0.2, 0) is 6.54 Å². The number of carbonyl (C=O) groups excluding carboxylic acids is 1. The second-order valence-corrected chi connectivity index (χ2v) is 6.51. The molecule has 1 aliphatic heterocycles. The summed E-state index contributed by atoms with van der Waals surface area (Å²) in [5.74, 6) is 0.392. The van der Waals surface area contributed by atoms with Gasteiger partial charge in [0.05, 0.1) is 18.3 Å². The molecule has 0 aliphatic carbocycles. The van der Waals surface area contributed by atoms with Crippen molar-refractivity contribution in [2.45, 2.75) is 25.3 Å². The number of hydrogen-bond donors (Lipinski definition) is 1. The number of likely N-dealkylation sites (tertiary alicyclic amines) is 1. The molecular weight excluding hydrogens is 314 g/mol. The van der Waals surface area contributed by atoms with Crippen LogP contribution in [0.25, 0.3) is 0 Å². The molecule has 4 rings (SSSR count). The summed E-state index contributed by atoms with van der Waals surface area (Å²) in [7, 11) is 0. The molecule has 3 aromatic rings. The average Bonchev–Trinajstić information content (AvgIpc) is 3.34. The zero-order valence-electron chi connectivity index (χ0n) is 14.0. The Balaban J connectivity index is 1.44. The van der Waals surface area contributed by atoms with E-state index in [9.17, 15) is 4.79 Å². The summed E-state index contributed by atoms with van der Waals surface area (Å²) in [6, 6.07) is 12.1. The molecule has 2 aromatic heterocycles. The van der Waals surface area contributed by atoms with Crippen LogP contribution in [0, 0.1) is 0 Å². The summed E-state index contributed by atoms with van der Waals surface area (Å²) in [6.07, 6.45) is 7.37. The second kappa shape index (κ2) is 6.93. The van der Waals surface area contributed by atoms with Gasteiger partial charge in [-0.2, -0.15) is 10.2 Å². The second-order valence-electron chi connectivity index (χ2n) is 6.51. The Bertz CT molecular complexity index is 825. The van der Waals surface area contributed by atoms with E-state index in [0.29, 0.717) is 18.0 Å². The van der Waals surface area contributed by atoms with Crippen molar-refractivity contribution in [3.8, 4) is 0 Å². The molecule has 1 aliphatic rings. The fraction of sp³-hybridized carbons (Fsp3) is 0.316. The molecule has 0 unspecified atom stereocenters. The number of nitrogens with one attached hydrogen (secondary N) is 1. The molecule has 1 saturated heterocycles. The Morgan fingerprint density at radius 2 is 2.12 bits per heavy atom. The number of aromatic nitrogens is 4. The zero-order valence-corrected chi connectivity index (χ0v) is 14.0. The molecule has 0 spiro atoms. The SMILES string of the molecule is O=C(c1cnn(Cc2ccccc2)c1)N1CCC[C@@H](c2ccn[nH]2)C1. The number of benzene rings is 1. The number of carbonyl (C=O) groups is 1. The molecule has 3 heterocycles. The van der Waals surface area contributed by atoms with E-state index in [1.165, 1.54) is 5.56 Å². The molecule has 128 valence electrons. The Labute approximate surface area is 146 Å². The maximum Gasteiger partial charge on any atom is 0.257 e. The van der Waals surface area contributed by atoms with Crippen molar-refractivity contribution in [2.75, 3.05) is 13.1 Å². The smallest absolute Gasteiger partial charge is 0.257 e. The normalized spacial score (nSPS) is 17.6. The van der Waals surface area contributed by atoms with Gasteiger partial charge in [-0.25, -0.2) is 0 Å². The van der Waals surface area contributed by atoms with Gasteiger partial charge in [0, 0.05) is 37.1 Å². The van der Waals surface area contributed by atoms with Gasteiger partial charge in [0.2, 0.25) is 0 Å². The van der Waals surface area contributed by atoms with Gasteiger partial charge in [0.15, 0.2) is 0 Å². The monoisotopic (exact) mass is 335 g/mol. The average molecular weight is 335 g/mol. The number of aromatic amines is 1. The van der Waals surface area contributed by atoms with E-state index >= 15 is 0 Å². The summed E-state index contributed by atoms with van der Waals surface area (Å²) in [5, 5.41) is 11.4. The first-order valence-electron chi connectivity index (χ1n) is 8.64. The summed E-state index contributed by atoms with van der Waals surface area (Å²) < 4.78 is 1.82. The molecule has 1 aromatic carbocycles. The predicted octanol–water partition coefficient (Wildman–Crippen LogP) is 2.67. The Hall–Kier alpha value is -2.89. The number of nitrogens with zero attached hydrogens (tertiary/aromatic N) is 4. The maximum atomic E-state index is 12.8. The lowest BCUT2D eigenvalue weighted by Gasteiger charge is -2.32. The molecule has 0 saturated carbocycles. The highest BCUT2D eigenvalue weighted by Gasteiger charge is 2.26. The first-order chi connectivity index (χ1) is 12.3. The van der Waals surface area contributed by atoms with Gasteiger partial charge in [0.25, 0.3) is 5.91 Å². The van der Waals surface area contributed by atoms with Crippen LogP contribution in [0.2, 0.25) is 0 Å². The van der Waals surface area contributed by atoms with Crippen molar-refractivity contribution in [2.24, 2.45) is 0 Å². The molecule has 0 radical (unpaired) electrons. The molecule has 1 N–H and O–H groups in total. The minimum atomic E-state index is 0.0588. The molecule has 6 nitrogen and oxygen atoms in total. The van der Waals surface area contributed by atoms with Crippen LogP contribution < -0.4 is 0 Å². The molecule has 25 heavy (non-hydrogen) atoms. The molecule has 1 atom stereocenters. The number of piperidine rings is 1. The van der Waals surface area contributed by atoms with E-state index in [-0.39, 0.29) is 5.91 Å². The highest BCUT2D eigenvalue weighted by Crippen LogP contribution is 2.26. The first kappa shape index (κ1) is 15.6. The van der Waals surface area contributed by atoms with E-state index in [0.717, 1.165) is 31.6 Å². The van der Waals surface area contributed by atoms with E-state index in [2.05, 4.69) is 27.4 Å². The standard InChI is InChI=1S/C19H21N5O/c25-19(23-10-4-7-16(13-23)18-8-9-20-22-18)17-11-21-24(14-17)12-15-5-2-1-3-6-15/h1-3,5-6,8-9,11,14,16H,4,7,10,12-13H2,(H,20,22)/t16-/m1/s1. The van der Waals surface area contributed by atoms with Gasteiger partial charge in [0.1, 0.15) is 0 Å². The molecule has 1 fully saturated rings. The van der Waals surface area contributed by atoms with Gasteiger partial charge in [-0.15, -0.1) is 0 Å². The molecule has 0 bridgehead atoms. The van der Waals surface area contributed by atoms with Gasteiger partial charge in [-0.1, -0.05) is 30.3 Å². The number of rotatable bonds is 4. The molecular formula is C19H21N5O. The minimum absolute atomic E-state index is 0.0588. The lowest BCUT2D eigenvalue weighted by atomic mass is 9.94. The first-order valence-corrected chi connectivity index (χ1v) is 8.64. The van der Waals surface area contributed by atoms with Gasteiger partial charge >= 0.3 is 0 Å². The zero-order chi connectivity index (χ0) is 17.1. The molecule has 1 amide bonds. The van der Waals surface area contributed by atoms with Gasteiger partial charge in [-0.3, -0.25) is 14.6 Å². The van der Waals surface area contributed by atoms with Crippen molar-refractivity contribution >= 4 is 5.91 Å². The Kier molecular flexibility index (Phi) is 4.33. The van der Waals surface area contributed by atoms with E-state index in [1.807, 2.05) is 40.0 Å². The lowest BCUT2D eigenvalue weighted by molar-refractivity contribution is 0.0705. The number of H-pyrrole nitrogens is 1. The third-order valence-electron chi connectivity index (χ3n) is 4.74. The lowest BCUT2D eigenvalue weighted by Crippen LogP contribution is -2.39. The number of hydrogen-bond acceptors (Lipinski definition) is 3. The predicted molar refractivity (Wildman–Crippen MR) is 94.2 cm³/mol. The van der Waals surface area contributed by atoms with Crippen molar-refractivity contribution in [1.29, 1.82) is 0 Å². The molecule has 6 heteroatoms. The van der Waals surface area contributed by atoms with Crippen LogP contribution in [0.4, 0.5) is 0 Å². The van der Waals surface area contributed by atoms with Crippen molar-refractivity contribution in [1.82, 2.24) is 24.9 Å². The summed E-state index contributed by atoms with van der Waals surface area (Å²) in [5.41, 5.74) is 2.93. The van der Waals surface area contributed by atoms with E-state index in [4.69, 9.17) is 0 Å². The third-order valence-corrected chi connectivity index (χ3v) is 4.74. The van der Waals surface area contributed by atoms with Gasteiger partial charge in [-0.05, 0) is 24.5 Å². The summed E-state index contributed by atoms with van der Waals surface area (Å²) in [6.45, 7) is 2.20. The van der Waals surface area contributed by atoms with Crippen molar-refractivity contribution < 1.29 is 4.79 Å². The summed E-state index contributed by atoms with van der Waals surface area (Å²) >= 11 is 0. The van der Waals surface area contributed by atoms with Crippen LogP contribution in [0.5, 0.6) is 0 Å². The maximum absolute atomic E-state index is 12.8. The van der Waals surface area contributed by atoms with E-state index < -0.39 is 0 Å². The summed E-state index contributed by atoms with van der Waals surface area (Å²) in [4.78, 5) is 14.8. The van der Waals surface area contributed by atoms with Gasteiger partial charge < -0.3 is 4.90 Å². The Morgan fingerprint density at radius 1 is 1.24 bits per heavy atom. The Morgan fingerprint density at radius 3 is 2.92 bits per heavy atom. The van der Waals surface area contributed by atoms with Crippen LogP contribution in [0.3, 0.4) is 0 Å². The van der Waals surface area contributed by atoms with E-state index in [1.54, 1.807) is 12.4 Å². The van der Waals surface area contributed by atoms with Crippen LogP contribution in [0.15, 0.2) is 55.0 Å². The third kappa shape index (κ3) is 3.47. The highest BCUT2D eigenvalue weighted by atomic mass is 16.2. The van der Waals surface area contributed by atoms with Crippen LogP contribution in [0.1, 0.15) is 40.4 Å². The van der Waals surface area contributed by atoms with Crippen molar-refractivity contribution in [3.63, 3.8) is 0 Å². The fourth-order valence-electron chi connectivity index (χ4n) is 3.42. The number of amides is 1. The minimum Gasteiger partial charge on any atom is -0.338 e. The fourth-order valence-corrected chi connectivity index (χ4v) is 3.42. The highest BCUT2D eigenvalue weighted by molar-refractivity contribution is 5.93.